The van der Waals surface area contributed by atoms with E-state index in [-0.39, 0.29) is 17.7 Å². The van der Waals surface area contributed by atoms with E-state index in [4.69, 9.17) is 0 Å². The van der Waals surface area contributed by atoms with Crippen molar-refractivity contribution in [2.45, 2.75) is 37.6 Å². The number of carbonyl (C=O) groups is 2. The average Bonchev–Trinajstić information content (AvgIpc) is 3.20. The van der Waals surface area contributed by atoms with Crippen LogP contribution < -0.4 is 10.6 Å². The van der Waals surface area contributed by atoms with Crippen LogP contribution in [-0.2, 0) is 17.9 Å². The van der Waals surface area contributed by atoms with Crippen molar-refractivity contribution in [3.05, 3.63) is 77.6 Å². The molecule has 0 spiro atoms. The zero-order valence-corrected chi connectivity index (χ0v) is 20.0. The van der Waals surface area contributed by atoms with Crippen molar-refractivity contribution in [3.63, 3.8) is 0 Å². The van der Waals surface area contributed by atoms with Crippen LogP contribution in [0.4, 0.5) is 4.79 Å². The standard InChI is InChI=1S/C24H30N6O2S/c1-4-20(29(2)3)22-27-28-24(30(22)16-19-13-9-6-10-14-19)33-17-21(31)26-23(32)25-15-18-11-7-5-8-12-18/h5-14,20H,4,15-17H2,1-3H3,(H2,25,26,31,32). The van der Waals surface area contributed by atoms with E-state index in [9.17, 15) is 9.59 Å². The first-order valence-corrected chi connectivity index (χ1v) is 11.8. The molecule has 174 valence electrons. The molecule has 1 aromatic heterocycles. The van der Waals surface area contributed by atoms with Crippen molar-refractivity contribution in [2.24, 2.45) is 0 Å². The maximum absolute atomic E-state index is 12.4. The maximum atomic E-state index is 12.4. The number of imide groups is 1. The van der Waals surface area contributed by atoms with Gasteiger partial charge in [0.25, 0.3) is 0 Å². The first-order valence-electron chi connectivity index (χ1n) is 10.9. The summed E-state index contributed by atoms with van der Waals surface area (Å²) in [7, 11) is 4.04. The van der Waals surface area contributed by atoms with Gasteiger partial charge in [-0.25, -0.2) is 4.79 Å². The largest absolute Gasteiger partial charge is 0.334 e. The Morgan fingerprint density at radius 1 is 1.00 bits per heavy atom. The predicted octanol–water partition coefficient (Wildman–Crippen LogP) is 3.46. The minimum Gasteiger partial charge on any atom is -0.334 e. The smallest absolute Gasteiger partial charge is 0.321 e. The average molecular weight is 467 g/mol. The molecule has 8 nitrogen and oxygen atoms in total. The monoisotopic (exact) mass is 466 g/mol. The van der Waals surface area contributed by atoms with Crippen molar-refractivity contribution >= 4 is 23.7 Å². The van der Waals surface area contributed by atoms with Gasteiger partial charge in [-0.05, 0) is 31.6 Å². The van der Waals surface area contributed by atoms with Gasteiger partial charge in [0.2, 0.25) is 5.91 Å². The molecule has 0 aliphatic heterocycles. The van der Waals surface area contributed by atoms with Crippen LogP contribution in [0.2, 0.25) is 0 Å². The Kier molecular flexibility index (Phi) is 9.03. The van der Waals surface area contributed by atoms with Crippen LogP contribution in [0.25, 0.3) is 0 Å². The molecule has 0 radical (unpaired) electrons. The molecule has 1 unspecified atom stereocenters. The minimum atomic E-state index is -0.519. The third kappa shape index (κ3) is 7.16. The third-order valence-electron chi connectivity index (χ3n) is 5.12. The van der Waals surface area contributed by atoms with Crippen LogP contribution in [0.1, 0.15) is 36.3 Å². The number of urea groups is 1. The van der Waals surface area contributed by atoms with Crippen molar-refractivity contribution in [2.75, 3.05) is 19.8 Å². The number of hydrogen-bond donors (Lipinski definition) is 2. The van der Waals surface area contributed by atoms with E-state index in [1.807, 2.05) is 62.6 Å². The second-order valence-electron chi connectivity index (χ2n) is 7.81. The first kappa shape index (κ1) is 24.5. The van der Waals surface area contributed by atoms with Crippen LogP contribution in [0.3, 0.4) is 0 Å². The second-order valence-corrected chi connectivity index (χ2v) is 8.75. The van der Waals surface area contributed by atoms with Gasteiger partial charge >= 0.3 is 6.03 Å². The lowest BCUT2D eigenvalue weighted by Gasteiger charge is -2.23. The predicted molar refractivity (Wildman–Crippen MR) is 130 cm³/mol. The number of thioether (sulfide) groups is 1. The molecule has 0 aliphatic rings. The molecule has 0 fully saturated rings. The molecule has 3 amide bonds. The summed E-state index contributed by atoms with van der Waals surface area (Å²) in [6, 6.07) is 19.2. The Balaban J connectivity index is 1.63. The molecule has 2 N–H and O–H groups in total. The summed E-state index contributed by atoms with van der Waals surface area (Å²) in [4.78, 5) is 26.5. The van der Waals surface area contributed by atoms with Crippen LogP contribution in [0.5, 0.6) is 0 Å². The highest BCUT2D eigenvalue weighted by Crippen LogP contribution is 2.26. The third-order valence-corrected chi connectivity index (χ3v) is 6.09. The fourth-order valence-corrected chi connectivity index (χ4v) is 4.21. The SMILES string of the molecule is CCC(c1nnc(SCC(=O)NC(=O)NCc2ccccc2)n1Cc1ccccc1)N(C)C. The molecule has 1 heterocycles. The number of rotatable bonds is 10. The van der Waals surface area contributed by atoms with Gasteiger partial charge in [0.05, 0.1) is 18.3 Å². The lowest BCUT2D eigenvalue weighted by Crippen LogP contribution is -2.40. The van der Waals surface area contributed by atoms with Crippen LogP contribution in [0.15, 0.2) is 65.8 Å². The number of benzene rings is 2. The molecule has 2 aromatic carbocycles. The first-order chi connectivity index (χ1) is 16.0. The van der Waals surface area contributed by atoms with Crippen LogP contribution in [0, 0.1) is 0 Å². The molecule has 1 atom stereocenters. The molecule has 0 bridgehead atoms. The van der Waals surface area contributed by atoms with E-state index in [2.05, 4.69) is 49.4 Å². The quantitative estimate of drug-likeness (QED) is 0.445. The molecule has 3 aromatic rings. The number of amides is 3. The van der Waals surface area contributed by atoms with Gasteiger partial charge in [-0.2, -0.15) is 0 Å². The summed E-state index contributed by atoms with van der Waals surface area (Å²) in [5, 5.41) is 14.5. The van der Waals surface area contributed by atoms with Gasteiger partial charge in [-0.1, -0.05) is 79.3 Å². The summed E-state index contributed by atoms with van der Waals surface area (Å²) in [5.74, 6) is 0.528. The number of hydrogen-bond acceptors (Lipinski definition) is 6. The summed E-state index contributed by atoms with van der Waals surface area (Å²) in [5.41, 5.74) is 2.08. The Hall–Kier alpha value is -3.17. The van der Waals surface area contributed by atoms with Gasteiger partial charge in [0.15, 0.2) is 11.0 Å². The maximum Gasteiger partial charge on any atom is 0.321 e. The summed E-state index contributed by atoms with van der Waals surface area (Å²) in [6.45, 7) is 3.07. The molecule has 33 heavy (non-hydrogen) atoms. The molecular formula is C24H30N6O2S. The van der Waals surface area contributed by atoms with Crippen molar-refractivity contribution in [3.8, 4) is 0 Å². The zero-order chi connectivity index (χ0) is 23.6. The van der Waals surface area contributed by atoms with Gasteiger partial charge in [0.1, 0.15) is 0 Å². The van der Waals surface area contributed by atoms with E-state index >= 15 is 0 Å². The highest BCUT2D eigenvalue weighted by Gasteiger charge is 2.23. The summed E-state index contributed by atoms with van der Waals surface area (Å²) >= 11 is 1.27. The van der Waals surface area contributed by atoms with Crippen LogP contribution in [-0.4, -0.2) is 51.5 Å². The topological polar surface area (TPSA) is 92.1 Å². The lowest BCUT2D eigenvalue weighted by molar-refractivity contribution is -0.117. The normalized spacial score (nSPS) is 11.9. The lowest BCUT2D eigenvalue weighted by atomic mass is 10.2. The fraction of sp³-hybridized carbons (Fsp3) is 0.333. The summed E-state index contributed by atoms with van der Waals surface area (Å²) in [6.07, 6.45) is 0.882. The Morgan fingerprint density at radius 3 is 2.24 bits per heavy atom. The van der Waals surface area contributed by atoms with E-state index in [0.29, 0.717) is 18.2 Å². The second kappa shape index (κ2) is 12.2. The van der Waals surface area contributed by atoms with E-state index in [1.54, 1.807) is 0 Å². The van der Waals surface area contributed by atoms with Crippen molar-refractivity contribution in [1.82, 2.24) is 30.3 Å². The van der Waals surface area contributed by atoms with Gasteiger partial charge in [0, 0.05) is 6.54 Å². The highest BCUT2D eigenvalue weighted by atomic mass is 32.2. The van der Waals surface area contributed by atoms with E-state index < -0.39 is 6.03 Å². The number of carbonyl (C=O) groups excluding carboxylic acids is 2. The number of nitrogens with one attached hydrogen (secondary N) is 2. The summed E-state index contributed by atoms with van der Waals surface area (Å²) < 4.78 is 2.05. The van der Waals surface area contributed by atoms with Gasteiger partial charge in [-0.3, -0.25) is 15.0 Å². The van der Waals surface area contributed by atoms with Crippen molar-refractivity contribution < 1.29 is 9.59 Å². The minimum absolute atomic E-state index is 0.0600. The number of aromatic nitrogens is 3. The molecular weight excluding hydrogens is 436 g/mol. The fourth-order valence-electron chi connectivity index (χ4n) is 3.46. The van der Waals surface area contributed by atoms with Gasteiger partial charge < -0.3 is 9.88 Å². The number of nitrogens with zero attached hydrogens (tertiary/aromatic N) is 4. The Labute approximate surface area is 198 Å². The molecule has 3 rings (SSSR count). The molecule has 0 saturated carbocycles. The highest BCUT2D eigenvalue weighted by molar-refractivity contribution is 7.99. The molecule has 0 saturated heterocycles. The molecule has 0 aliphatic carbocycles. The van der Waals surface area contributed by atoms with Gasteiger partial charge in [-0.15, -0.1) is 10.2 Å². The zero-order valence-electron chi connectivity index (χ0n) is 19.2. The Morgan fingerprint density at radius 2 is 1.64 bits per heavy atom. The Bertz CT molecular complexity index is 1040. The van der Waals surface area contributed by atoms with Crippen molar-refractivity contribution in [1.29, 1.82) is 0 Å². The van der Waals surface area contributed by atoms with E-state index in [0.717, 1.165) is 23.4 Å². The molecule has 9 heteroatoms. The van der Waals surface area contributed by atoms with Crippen LogP contribution >= 0.6 is 11.8 Å². The van der Waals surface area contributed by atoms with E-state index in [1.165, 1.54) is 11.8 Å².